The van der Waals surface area contributed by atoms with Gasteiger partial charge in [0.15, 0.2) is 0 Å². The van der Waals surface area contributed by atoms with Crippen LogP contribution < -0.4 is 5.32 Å². The van der Waals surface area contributed by atoms with E-state index >= 15 is 0 Å². The van der Waals surface area contributed by atoms with Crippen LogP contribution in [0.25, 0.3) is 5.69 Å². The van der Waals surface area contributed by atoms with Crippen molar-refractivity contribution in [3.05, 3.63) is 81.9 Å². The van der Waals surface area contributed by atoms with Crippen molar-refractivity contribution in [1.29, 1.82) is 0 Å². The highest BCUT2D eigenvalue weighted by Gasteiger charge is 2.23. The lowest BCUT2D eigenvalue weighted by atomic mass is 9.92. The fourth-order valence-corrected chi connectivity index (χ4v) is 3.59. The zero-order valence-electron chi connectivity index (χ0n) is 19.1. The van der Waals surface area contributed by atoms with Crippen LogP contribution in [0.2, 0.25) is 5.02 Å². The normalized spacial score (nSPS) is 13.6. The van der Waals surface area contributed by atoms with Gasteiger partial charge in [-0.25, -0.2) is 9.07 Å². The summed E-state index contributed by atoms with van der Waals surface area (Å²) in [6.07, 6.45) is -1.30. The molecule has 6 nitrogen and oxygen atoms in total. The predicted octanol–water partition coefficient (Wildman–Crippen LogP) is 4.41. The summed E-state index contributed by atoms with van der Waals surface area (Å²) in [5, 5.41) is 26.9. The Labute approximate surface area is 198 Å². The quantitative estimate of drug-likeness (QED) is 0.474. The first-order valence-electron chi connectivity index (χ1n) is 10.7. The summed E-state index contributed by atoms with van der Waals surface area (Å²) in [4.78, 5) is 12.8. The number of halogens is 2. The van der Waals surface area contributed by atoms with Gasteiger partial charge >= 0.3 is 0 Å². The molecular weight excluding hydrogens is 445 g/mol. The molecule has 0 aliphatic carbocycles. The van der Waals surface area contributed by atoms with E-state index in [1.807, 2.05) is 18.2 Å². The summed E-state index contributed by atoms with van der Waals surface area (Å²) in [6, 6.07) is 13.5. The summed E-state index contributed by atoms with van der Waals surface area (Å²) in [7, 11) is 0. The second-order valence-corrected chi connectivity index (χ2v) is 9.52. The minimum absolute atomic E-state index is 0.00556. The zero-order chi connectivity index (χ0) is 24.3. The number of amides is 1. The molecule has 2 atom stereocenters. The average Bonchev–Trinajstić information content (AvgIpc) is 3.21. The molecule has 2 aromatic carbocycles. The number of aliphatic hydroxyl groups is 2. The van der Waals surface area contributed by atoms with Gasteiger partial charge in [0, 0.05) is 16.0 Å². The molecule has 1 amide bonds. The Hall–Kier alpha value is -2.74. The number of benzene rings is 2. The van der Waals surface area contributed by atoms with Crippen molar-refractivity contribution in [2.24, 2.45) is 0 Å². The molecule has 0 aliphatic heterocycles. The lowest BCUT2D eigenvalue weighted by Crippen LogP contribution is -2.28. The van der Waals surface area contributed by atoms with Crippen LogP contribution in [-0.4, -0.2) is 32.5 Å². The number of aromatic nitrogens is 2. The summed E-state index contributed by atoms with van der Waals surface area (Å²) >= 11 is 6.16. The number of aliphatic hydroxyl groups excluding tert-OH is 2. The van der Waals surface area contributed by atoms with Crippen LogP contribution in [0.3, 0.4) is 0 Å². The molecule has 176 valence electrons. The van der Waals surface area contributed by atoms with Gasteiger partial charge in [-0.3, -0.25) is 4.79 Å². The molecule has 3 rings (SSSR count). The Morgan fingerprint density at radius 1 is 1.21 bits per heavy atom. The summed E-state index contributed by atoms with van der Waals surface area (Å²) < 4.78 is 16.1. The van der Waals surface area contributed by atoms with Crippen LogP contribution in [0.5, 0.6) is 0 Å². The SMILES string of the molecule is CC(C(=O)NCc1cc(C(C)(C)C)nn1-c1cccc(Cl)c1)c1ccc(C(O)CO)c(F)c1. The van der Waals surface area contributed by atoms with Gasteiger partial charge in [0.05, 0.1) is 36.1 Å². The fourth-order valence-electron chi connectivity index (χ4n) is 3.41. The van der Waals surface area contributed by atoms with Crippen LogP contribution in [0.4, 0.5) is 4.39 Å². The highest BCUT2D eigenvalue weighted by molar-refractivity contribution is 6.30. The van der Waals surface area contributed by atoms with Crippen molar-refractivity contribution in [2.45, 2.75) is 51.7 Å². The molecule has 3 N–H and O–H groups in total. The maximum atomic E-state index is 14.3. The second-order valence-electron chi connectivity index (χ2n) is 9.08. The van der Waals surface area contributed by atoms with Crippen molar-refractivity contribution < 1.29 is 19.4 Å². The van der Waals surface area contributed by atoms with Gasteiger partial charge in [0.25, 0.3) is 0 Å². The summed E-state index contributed by atoms with van der Waals surface area (Å²) in [6.45, 7) is 7.52. The first kappa shape index (κ1) is 24.9. The Balaban J connectivity index is 1.81. The standard InChI is InChI=1S/C25H29ClFN3O3/c1-15(16-8-9-20(21(27)10-16)22(32)14-31)24(33)28-13-19-12-23(25(2,3)4)29-30(19)18-7-5-6-17(26)11-18/h5-12,15,22,31-32H,13-14H2,1-4H3,(H,28,33). The number of nitrogens with zero attached hydrogens (tertiary/aromatic N) is 2. The van der Waals surface area contributed by atoms with E-state index in [1.165, 1.54) is 12.1 Å². The lowest BCUT2D eigenvalue weighted by Gasteiger charge is -2.15. The van der Waals surface area contributed by atoms with Crippen molar-refractivity contribution in [2.75, 3.05) is 6.61 Å². The molecule has 2 unspecified atom stereocenters. The highest BCUT2D eigenvalue weighted by Crippen LogP contribution is 2.26. The van der Waals surface area contributed by atoms with Crippen LogP contribution in [0.1, 0.15) is 62.2 Å². The number of hydrogen-bond donors (Lipinski definition) is 3. The topological polar surface area (TPSA) is 87.4 Å². The van der Waals surface area contributed by atoms with Crippen molar-refractivity contribution in [3.8, 4) is 5.69 Å². The summed E-state index contributed by atoms with van der Waals surface area (Å²) in [5.41, 5.74) is 2.73. The van der Waals surface area contributed by atoms with Crippen molar-refractivity contribution in [3.63, 3.8) is 0 Å². The third kappa shape index (κ3) is 5.79. The van der Waals surface area contributed by atoms with E-state index in [1.54, 1.807) is 29.8 Å². The van der Waals surface area contributed by atoms with E-state index in [9.17, 15) is 14.3 Å². The van der Waals surface area contributed by atoms with Crippen molar-refractivity contribution >= 4 is 17.5 Å². The molecule has 0 bridgehead atoms. The number of hydrogen-bond acceptors (Lipinski definition) is 4. The van der Waals surface area contributed by atoms with E-state index in [4.69, 9.17) is 21.8 Å². The monoisotopic (exact) mass is 473 g/mol. The Morgan fingerprint density at radius 3 is 2.55 bits per heavy atom. The van der Waals surface area contributed by atoms with Crippen LogP contribution >= 0.6 is 11.6 Å². The average molecular weight is 474 g/mol. The maximum Gasteiger partial charge on any atom is 0.227 e. The van der Waals surface area contributed by atoms with Gasteiger partial charge in [0.2, 0.25) is 5.91 Å². The van der Waals surface area contributed by atoms with E-state index < -0.39 is 24.4 Å². The van der Waals surface area contributed by atoms with Gasteiger partial charge in [-0.05, 0) is 42.8 Å². The molecule has 3 aromatic rings. The molecule has 1 heterocycles. The van der Waals surface area contributed by atoms with Gasteiger partial charge in [-0.15, -0.1) is 0 Å². The minimum atomic E-state index is -1.30. The second kappa shape index (κ2) is 10.0. The Kier molecular flexibility index (Phi) is 7.57. The van der Waals surface area contributed by atoms with E-state index in [0.717, 1.165) is 17.1 Å². The Bertz CT molecular complexity index is 1140. The maximum absolute atomic E-state index is 14.3. The Morgan fingerprint density at radius 2 is 1.94 bits per heavy atom. The number of rotatable bonds is 7. The molecule has 8 heteroatoms. The fraction of sp³-hybridized carbons (Fsp3) is 0.360. The smallest absolute Gasteiger partial charge is 0.227 e. The molecule has 0 saturated heterocycles. The molecular formula is C25H29ClFN3O3. The first-order valence-corrected chi connectivity index (χ1v) is 11.1. The van der Waals surface area contributed by atoms with Crippen LogP contribution in [0, 0.1) is 5.82 Å². The van der Waals surface area contributed by atoms with E-state index in [2.05, 4.69) is 26.1 Å². The zero-order valence-corrected chi connectivity index (χ0v) is 19.9. The minimum Gasteiger partial charge on any atom is -0.393 e. The predicted molar refractivity (Wildman–Crippen MR) is 126 cm³/mol. The third-order valence-electron chi connectivity index (χ3n) is 5.50. The molecule has 0 radical (unpaired) electrons. The van der Waals surface area contributed by atoms with Crippen molar-refractivity contribution in [1.82, 2.24) is 15.1 Å². The van der Waals surface area contributed by atoms with Crippen LogP contribution in [0.15, 0.2) is 48.5 Å². The summed E-state index contributed by atoms with van der Waals surface area (Å²) in [5.74, 6) is -1.56. The van der Waals surface area contributed by atoms with Crippen LogP contribution in [-0.2, 0) is 16.8 Å². The van der Waals surface area contributed by atoms with Gasteiger partial charge in [-0.2, -0.15) is 5.10 Å². The number of carbonyl (C=O) groups is 1. The van der Waals surface area contributed by atoms with E-state index in [-0.39, 0.29) is 23.4 Å². The molecule has 0 saturated carbocycles. The molecule has 0 spiro atoms. The number of nitrogens with one attached hydrogen (secondary N) is 1. The largest absolute Gasteiger partial charge is 0.393 e. The van der Waals surface area contributed by atoms with Gasteiger partial charge < -0.3 is 15.5 Å². The lowest BCUT2D eigenvalue weighted by molar-refractivity contribution is -0.122. The molecule has 0 fully saturated rings. The van der Waals surface area contributed by atoms with E-state index in [0.29, 0.717) is 10.6 Å². The molecule has 33 heavy (non-hydrogen) atoms. The number of carbonyl (C=O) groups excluding carboxylic acids is 1. The molecule has 0 aliphatic rings. The van der Waals surface area contributed by atoms with Gasteiger partial charge in [-0.1, -0.05) is 50.6 Å². The third-order valence-corrected chi connectivity index (χ3v) is 5.73. The first-order chi connectivity index (χ1) is 15.5. The van der Waals surface area contributed by atoms with Gasteiger partial charge in [0.1, 0.15) is 11.9 Å². The molecule has 1 aromatic heterocycles. The highest BCUT2D eigenvalue weighted by atomic mass is 35.5.